The van der Waals surface area contributed by atoms with Crippen LogP contribution in [0.4, 0.5) is 8.78 Å². The Bertz CT molecular complexity index is 700. The zero-order chi connectivity index (χ0) is 17.1. The molecule has 4 nitrogen and oxygen atoms in total. The molecule has 6 heteroatoms. The Balaban J connectivity index is 1.81. The molecule has 1 atom stereocenters. The molecule has 0 bridgehead atoms. The van der Waals surface area contributed by atoms with E-state index in [2.05, 4.69) is 9.88 Å². The molecule has 0 unspecified atom stereocenters. The Labute approximate surface area is 140 Å². The fourth-order valence-electron chi connectivity index (χ4n) is 3.19. The number of benzene rings is 1. The van der Waals surface area contributed by atoms with Gasteiger partial charge in [-0.3, -0.25) is 4.90 Å². The van der Waals surface area contributed by atoms with Gasteiger partial charge in [-0.15, -0.1) is 0 Å². The lowest BCUT2D eigenvalue weighted by atomic mass is 10.0. The topological polar surface area (TPSA) is 38.5 Å². The van der Waals surface area contributed by atoms with E-state index in [0.717, 1.165) is 31.1 Å². The quantitative estimate of drug-likeness (QED) is 0.829. The molecule has 0 spiro atoms. The number of halogens is 2. The van der Waals surface area contributed by atoms with Gasteiger partial charge in [-0.25, -0.2) is 13.8 Å². The molecule has 0 N–H and O–H groups in total. The van der Waals surface area contributed by atoms with Crippen LogP contribution >= 0.6 is 0 Å². The maximum absolute atomic E-state index is 13.9. The van der Waals surface area contributed by atoms with E-state index in [9.17, 15) is 8.78 Å². The summed E-state index contributed by atoms with van der Waals surface area (Å²) in [5, 5.41) is 0. The average molecular weight is 336 g/mol. The lowest BCUT2D eigenvalue weighted by molar-refractivity contribution is 0.0590. The number of hydrogen-bond donors (Lipinski definition) is 0. The van der Waals surface area contributed by atoms with E-state index in [1.807, 2.05) is 6.92 Å². The Morgan fingerprint density at radius 3 is 2.92 bits per heavy atom. The van der Waals surface area contributed by atoms with E-state index >= 15 is 0 Å². The fourth-order valence-corrected chi connectivity index (χ4v) is 3.19. The molecule has 2 aromatic rings. The highest BCUT2D eigenvalue weighted by Gasteiger charge is 2.25. The first-order chi connectivity index (χ1) is 11.6. The van der Waals surface area contributed by atoms with Crippen molar-refractivity contribution in [1.29, 1.82) is 0 Å². The van der Waals surface area contributed by atoms with Gasteiger partial charge in [-0.1, -0.05) is 6.42 Å². The predicted molar refractivity (Wildman–Crippen MR) is 86.5 cm³/mol. The standard InChI is InChI=1S/C18H22F2N2O2/c1-12-17(10-22-8-4-3-5-14(22)11-23-2)21-18(24-12)15-7-6-13(19)9-16(15)20/h6-7,9,14H,3-5,8,10-11H2,1-2H3/t14-/m1/s1. The predicted octanol–water partition coefficient (Wildman–Crippen LogP) is 3.93. The minimum Gasteiger partial charge on any atom is -0.441 e. The average Bonchev–Trinajstić information content (AvgIpc) is 2.90. The monoisotopic (exact) mass is 336 g/mol. The highest BCUT2D eigenvalue weighted by Crippen LogP contribution is 2.27. The summed E-state index contributed by atoms with van der Waals surface area (Å²) in [4.78, 5) is 6.78. The summed E-state index contributed by atoms with van der Waals surface area (Å²) in [6, 6.07) is 3.77. The molecule has 130 valence electrons. The summed E-state index contributed by atoms with van der Waals surface area (Å²) in [6.45, 7) is 4.14. The molecule has 0 amide bonds. The number of nitrogens with zero attached hydrogens (tertiary/aromatic N) is 2. The van der Waals surface area contributed by atoms with Gasteiger partial charge in [0.15, 0.2) is 0 Å². The number of rotatable bonds is 5. The second-order valence-electron chi connectivity index (χ2n) is 6.22. The molecule has 0 radical (unpaired) electrons. The maximum Gasteiger partial charge on any atom is 0.229 e. The number of hydrogen-bond acceptors (Lipinski definition) is 4. The van der Waals surface area contributed by atoms with Crippen molar-refractivity contribution >= 4 is 0 Å². The number of methoxy groups -OCH3 is 1. The van der Waals surface area contributed by atoms with E-state index in [0.29, 0.717) is 25.0 Å². The fraction of sp³-hybridized carbons (Fsp3) is 0.500. The molecule has 1 fully saturated rings. The third kappa shape index (κ3) is 3.65. The molecule has 1 aliphatic rings. The van der Waals surface area contributed by atoms with Crippen LogP contribution in [0.1, 0.15) is 30.7 Å². The van der Waals surface area contributed by atoms with Crippen LogP contribution in [-0.4, -0.2) is 36.2 Å². The first kappa shape index (κ1) is 17.0. The summed E-state index contributed by atoms with van der Waals surface area (Å²) in [5.41, 5.74) is 0.967. The Morgan fingerprint density at radius 1 is 1.33 bits per heavy atom. The molecule has 1 saturated heterocycles. The number of oxazole rings is 1. The molecule has 0 saturated carbocycles. The highest BCUT2D eigenvalue weighted by molar-refractivity contribution is 5.54. The zero-order valence-corrected chi connectivity index (χ0v) is 14.0. The second kappa shape index (κ2) is 7.40. The van der Waals surface area contributed by atoms with Crippen molar-refractivity contribution in [2.45, 2.75) is 38.8 Å². The van der Waals surface area contributed by atoms with Crippen LogP contribution in [0, 0.1) is 18.6 Å². The number of likely N-dealkylation sites (tertiary alicyclic amines) is 1. The number of aromatic nitrogens is 1. The van der Waals surface area contributed by atoms with E-state index < -0.39 is 11.6 Å². The van der Waals surface area contributed by atoms with Crippen LogP contribution in [0.15, 0.2) is 22.6 Å². The van der Waals surface area contributed by atoms with Crippen LogP contribution in [-0.2, 0) is 11.3 Å². The van der Waals surface area contributed by atoms with Crippen molar-refractivity contribution in [2.75, 3.05) is 20.3 Å². The molecule has 24 heavy (non-hydrogen) atoms. The minimum absolute atomic E-state index is 0.179. The number of piperidine rings is 1. The van der Waals surface area contributed by atoms with E-state index in [-0.39, 0.29) is 11.5 Å². The van der Waals surface area contributed by atoms with Gasteiger partial charge in [0, 0.05) is 25.8 Å². The van der Waals surface area contributed by atoms with Gasteiger partial charge in [0.1, 0.15) is 17.4 Å². The van der Waals surface area contributed by atoms with Gasteiger partial charge >= 0.3 is 0 Å². The second-order valence-corrected chi connectivity index (χ2v) is 6.22. The van der Waals surface area contributed by atoms with E-state index in [1.54, 1.807) is 7.11 Å². The Morgan fingerprint density at radius 2 is 2.17 bits per heavy atom. The van der Waals surface area contributed by atoms with Gasteiger partial charge in [-0.2, -0.15) is 0 Å². The van der Waals surface area contributed by atoms with Crippen molar-refractivity contribution in [2.24, 2.45) is 0 Å². The smallest absolute Gasteiger partial charge is 0.229 e. The molecule has 3 rings (SSSR count). The van der Waals surface area contributed by atoms with Gasteiger partial charge in [0.25, 0.3) is 0 Å². The summed E-state index contributed by atoms with van der Waals surface area (Å²) >= 11 is 0. The lowest BCUT2D eigenvalue weighted by Crippen LogP contribution is -2.41. The molecular weight excluding hydrogens is 314 g/mol. The van der Waals surface area contributed by atoms with Crippen LogP contribution in [0.2, 0.25) is 0 Å². The first-order valence-electron chi connectivity index (χ1n) is 8.23. The van der Waals surface area contributed by atoms with Gasteiger partial charge < -0.3 is 9.15 Å². The number of aryl methyl sites for hydroxylation is 1. The summed E-state index contributed by atoms with van der Waals surface area (Å²) in [7, 11) is 1.71. The molecule has 1 aromatic carbocycles. The van der Waals surface area contributed by atoms with Gasteiger partial charge in [-0.05, 0) is 38.4 Å². The van der Waals surface area contributed by atoms with Crippen molar-refractivity contribution < 1.29 is 17.9 Å². The molecule has 2 heterocycles. The third-order valence-corrected chi connectivity index (χ3v) is 4.52. The Kier molecular flexibility index (Phi) is 5.26. The van der Waals surface area contributed by atoms with Crippen LogP contribution in [0.3, 0.4) is 0 Å². The number of ether oxygens (including phenoxy) is 1. The van der Waals surface area contributed by atoms with Crippen LogP contribution in [0.25, 0.3) is 11.5 Å². The minimum atomic E-state index is -0.668. The Hall–Kier alpha value is -1.79. The molecular formula is C18H22F2N2O2. The zero-order valence-electron chi connectivity index (χ0n) is 14.0. The van der Waals surface area contributed by atoms with E-state index in [1.165, 1.54) is 18.6 Å². The van der Waals surface area contributed by atoms with Crippen molar-refractivity contribution in [3.63, 3.8) is 0 Å². The summed E-state index contributed by atoms with van der Waals surface area (Å²) in [6.07, 6.45) is 3.45. The maximum atomic E-state index is 13.9. The SMILES string of the molecule is COC[C@H]1CCCCN1Cc1nc(-c2ccc(F)cc2F)oc1C. The molecule has 1 aliphatic heterocycles. The lowest BCUT2D eigenvalue weighted by Gasteiger charge is -2.34. The normalized spacial score (nSPS) is 18.9. The van der Waals surface area contributed by atoms with Gasteiger partial charge in [0.05, 0.1) is 17.9 Å². The third-order valence-electron chi connectivity index (χ3n) is 4.52. The largest absolute Gasteiger partial charge is 0.441 e. The van der Waals surface area contributed by atoms with Crippen molar-refractivity contribution in [3.8, 4) is 11.5 Å². The molecule has 1 aromatic heterocycles. The van der Waals surface area contributed by atoms with Crippen molar-refractivity contribution in [3.05, 3.63) is 41.3 Å². The van der Waals surface area contributed by atoms with Crippen LogP contribution in [0.5, 0.6) is 0 Å². The van der Waals surface area contributed by atoms with Crippen molar-refractivity contribution in [1.82, 2.24) is 9.88 Å². The highest BCUT2D eigenvalue weighted by atomic mass is 19.1. The summed E-state index contributed by atoms with van der Waals surface area (Å²) < 4.78 is 37.9. The van der Waals surface area contributed by atoms with Gasteiger partial charge in [0.2, 0.25) is 5.89 Å². The van der Waals surface area contributed by atoms with Crippen LogP contribution < -0.4 is 0 Å². The molecule has 0 aliphatic carbocycles. The van der Waals surface area contributed by atoms with E-state index in [4.69, 9.17) is 9.15 Å². The summed E-state index contributed by atoms with van der Waals surface area (Å²) in [5.74, 6) is -0.427. The first-order valence-corrected chi connectivity index (χ1v) is 8.23.